The van der Waals surface area contributed by atoms with Crippen molar-refractivity contribution in [3.05, 3.63) is 59.6 Å². The molecule has 0 radical (unpaired) electrons. The number of nitrogens with one attached hydrogen (secondary N) is 2. The van der Waals surface area contributed by atoms with Gasteiger partial charge in [0.1, 0.15) is 11.6 Å². The van der Waals surface area contributed by atoms with Gasteiger partial charge in [-0.25, -0.2) is 0 Å². The number of likely N-dealkylation sites (tertiary alicyclic amines) is 1. The molecule has 3 amide bonds. The number of unbranched alkanes of at least 4 members (excludes halogenated alkanes) is 3. The van der Waals surface area contributed by atoms with Gasteiger partial charge < -0.3 is 25.4 Å². The monoisotopic (exact) mass is 553 g/mol. The number of nitrogens with zero attached hydrogens (tertiary/aromatic N) is 1. The number of halogens is 1. The van der Waals surface area contributed by atoms with Gasteiger partial charge in [-0.2, -0.15) is 0 Å². The molecule has 0 aliphatic carbocycles. The van der Waals surface area contributed by atoms with Crippen molar-refractivity contribution in [1.29, 1.82) is 0 Å². The summed E-state index contributed by atoms with van der Waals surface area (Å²) >= 11 is 6.03. The normalized spacial score (nSPS) is 28.9. The second kappa shape index (κ2) is 11.3. The molecule has 3 saturated heterocycles. The highest BCUT2D eigenvalue weighted by molar-refractivity contribution is 6.30. The van der Waals surface area contributed by atoms with Gasteiger partial charge in [-0.1, -0.05) is 49.6 Å². The minimum atomic E-state index is -1.08. The first-order valence-electron chi connectivity index (χ1n) is 13.9. The van der Waals surface area contributed by atoms with Crippen LogP contribution in [0.1, 0.15) is 51.9 Å². The molecule has 2 aromatic carbocycles. The molecule has 3 aliphatic heterocycles. The zero-order valence-corrected chi connectivity index (χ0v) is 23.0. The largest absolute Gasteiger partial charge is 0.396 e. The standard InChI is InChI=1S/C30H36ClN3O5/c1-2-29-16-17-30(39-29)24(23(29)26(36)32-21-10-6-5-7-11-21)28(38)34(18-8-3-4-9-19-35)25(30)27(37)33-22-14-12-20(31)13-15-22/h5-7,10-15,23-25,35H,2-4,8-9,16-19H2,1H3,(H,32,36)(H,33,37)/t23-,24+,25?,29+,30?/m1/s1. The van der Waals surface area contributed by atoms with E-state index in [0.717, 1.165) is 12.8 Å². The fraction of sp³-hybridized carbons (Fsp3) is 0.500. The minimum Gasteiger partial charge on any atom is -0.396 e. The number of aliphatic hydroxyl groups is 1. The van der Waals surface area contributed by atoms with Gasteiger partial charge >= 0.3 is 0 Å². The Balaban J connectivity index is 1.47. The molecule has 3 heterocycles. The van der Waals surface area contributed by atoms with Gasteiger partial charge in [0.15, 0.2) is 0 Å². The van der Waals surface area contributed by atoms with E-state index in [2.05, 4.69) is 10.6 Å². The van der Waals surface area contributed by atoms with Crippen molar-refractivity contribution >= 4 is 40.7 Å². The number of carbonyl (C=O) groups excluding carboxylic acids is 3. The smallest absolute Gasteiger partial charge is 0.250 e. The van der Waals surface area contributed by atoms with Crippen LogP contribution in [0.4, 0.5) is 11.4 Å². The number of ether oxygens (including phenoxy) is 1. The molecule has 2 aromatic rings. The summed E-state index contributed by atoms with van der Waals surface area (Å²) in [6.07, 6.45) is 4.76. The first kappa shape index (κ1) is 27.6. The molecule has 39 heavy (non-hydrogen) atoms. The third-order valence-corrected chi connectivity index (χ3v) is 8.92. The first-order chi connectivity index (χ1) is 18.8. The number of anilines is 2. The van der Waals surface area contributed by atoms with E-state index in [-0.39, 0.29) is 24.3 Å². The molecule has 2 unspecified atom stereocenters. The summed E-state index contributed by atoms with van der Waals surface area (Å²) in [6.45, 7) is 2.50. The van der Waals surface area contributed by atoms with Crippen molar-refractivity contribution in [2.75, 3.05) is 23.8 Å². The number of amides is 3. The lowest BCUT2D eigenvalue weighted by molar-refractivity contribution is -0.144. The summed E-state index contributed by atoms with van der Waals surface area (Å²) in [5.41, 5.74) is -0.636. The summed E-state index contributed by atoms with van der Waals surface area (Å²) in [5, 5.41) is 15.7. The Kier molecular flexibility index (Phi) is 7.99. The number of benzene rings is 2. The van der Waals surface area contributed by atoms with E-state index < -0.39 is 29.1 Å². The molecular weight excluding hydrogens is 518 g/mol. The zero-order valence-electron chi connectivity index (χ0n) is 22.2. The molecule has 5 atom stereocenters. The summed E-state index contributed by atoms with van der Waals surface area (Å²) in [7, 11) is 0. The molecule has 9 heteroatoms. The fourth-order valence-corrected chi connectivity index (χ4v) is 7.02. The predicted octanol–water partition coefficient (Wildman–Crippen LogP) is 4.62. The molecule has 2 bridgehead atoms. The maximum Gasteiger partial charge on any atom is 0.250 e. The Bertz CT molecular complexity index is 1210. The van der Waals surface area contributed by atoms with Gasteiger partial charge in [0.05, 0.1) is 17.4 Å². The van der Waals surface area contributed by atoms with Crippen LogP contribution in [0.2, 0.25) is 5.02 Å². The SMILES string of the molecule is CC[C@@]12CCC3(O1)C(C(=O)Nc1ccc(Cl)cc1)N(CCCCCCO)C(=O)[C@@H]3[C@@H]2C(=O)Nc1ccccc1. The summed E-state index contributed by atoms with van der Waals surface area (Å²) in [5.74, 6) is -2.21. The van der Waals surface area contributed by atoms with Crippen LogP contribution in [0.15, 0.2) is 54.6 Å². The Morgan fingerprint density at radius 3 is 2.33 bits per heavy atom. The molecule has 0 aromatic heterocycles. The summed E-state index contributed by atoms with van der Waals surface area (Å²) in [4.78, 5) is 43.5. The van der Waals surface area contributed by atoms with Gasteiger partial charge in [-0.05, 0) is 68.5 Å². The summed E-state index contributed by atoms with van der Waals surface area (Å²) in [6, 6.07) is 15.2. The van der Waals surface area contributed by atoms with Crippen LogP contribution in [0, 0.1) is 11.8 Å². The van der Waals surface area contributed by atoms with Crippen LogP contribution in [0.5, 0.6) is 0 Å². The highest BCUT2D eigenvalue weighted by atomic mass is 35.5. The number of hydrogen-bond donors (Lipinski definition) is 3. The molecule has 1 spiro atoms. The third kappa shape index (κ3) is 4.94. The Labute approximate surface area is 234 Å². The van der Waals surface area contributed by atoms with Crippen LogP contribution in [-0.4, -0.2) is 58.1 Å². The lowest BCUT2D eigenvalue weighted by atomic mass is 9.65. The van der Waals surface area contributed by atoms with Crippen molar-refractivity contribution < 1.29 is 24.2 Å². The van der Waals surface area contributed by atoms with E-state index in [9.17, 15) is 14.4 Å². The first-order valence-corrected chi connectivity index (χ1v) is 14.3. The average Bonchev–Trinajstić information content (AvgIpc) is 3.54. The van der Waals surface area contributed by atoms with Crippen molar-refractivity contribution in [2.45, 2.75) is 69.1 Å². The Morgan fingerprint density at radius 2 is 1.64 bits per heavy atom. The third-order valence-electron chi connectivity index (χ3n) is 8.67. The second-order valence-corrected chi connectivity index (χ2v) is 11.3. The van der Waals surface area contributed by atoms with E-state index in [1.807, 2.05) is 37.3 Å². The summed E-state index contributed by atoms with van der Waals surface area (Å²) < 4.78 is 6.79. The predicted molar refractivity (Wildman–Crippen MR) is 149 cm³/mol. The highest BCUT2D eigenvalue weighted by Crippen LogP contribution is 2.64. The molecule has 8 nitrogen and oxygen atoms in total. The number of para-hydroxylation sites is 1. The molecular formula is C30H36ClN3O5. The van der Waals surface area contributed by atoms with E-state index in [1.54, 1.807) is 29.2 Å². The maximum absolute atomic E-state index is 14.2. The van der Waals surface area contributed by atoms with E-state index in [0.29, 0.717) is 55.0 Å². The van der Waals surface area contributed by atoms with E-state index >= 15 is 0 Å². The Hall–Kier alpha value is -2.94. The number of rotatable bonds is 11. The number of aliphatic hydroxyl groups excluding tert-OH is 1. The quantitative estimate of drug-likeness (QED) is 0.352. The van der Waals surface area contributed by atoms with Crippen LogP contribution < -0.4 is 10.6 Å². The topological polar surface area (TPSA) is 108 Å². The van der Waals surface area contributed by atoms with Gasteiger partial charge in [0.2, 0.25) is 17.7 Å². The van der Waals surface area contributed by atoms with Crippen molar-refractivity contribution in [1.82, 2.24) is 4.90 Å². The van der Waals surface area contributed by atoms with Crippen LogP contribution in [0.25, 0.3) is 0 Å². The maximum atomic E-state index is 14.2. The van der Waals surface area contributed by atoms with Gasteiger partial charge in [0.25, 0.3) is 0 Å². The van der Waals surface area contributed by atoms with E-state index in [1.165, 1.54) is 0 Å². The lowest BCUT2D eigenvalue weighted by Crippen LogP contribution is -2.53. The van der Waals surface area contributed by atoms with Crippen molar-refractivity contribution in [3.63, 3.8) is 0 Å². The molecule has 0 saturated carbocycles. The molecule has 5 rings (SSSR count). The number of fused-ring (bicyclic) bond motifs is 1. The Morgan fingerprint density at radius 1 is 0.974 bits per heavy atom. The minimum absolute atomic E-state index is 0.130. The van der Waals surface area contributed by atoms with Crippen LogP contribution in [0.3, 0.4) is 0 Å². The van der Waals surface area contributed by atoms with Crippen LogP contribution >= 0.6 is 11.6 Å². The number of carbonyl (C=O) groups is 3. The van der Waals surface area contributed by atoms with Gasteiger partial charge in [-0.15, -0.1) is 0 Å². The van der Waals surface area contributed by atoms with Crippen LogP contribution in [-0.2, 0) is 19.1 Å². The van der Waals surface area contributed by atoms with Crippen molar-refractivity contribution in [3.8, 4) is 0 Å². The molecule has 3 N–H and O–H groups in total. The number of hydrogen-bond acceptors (Lipinski definition) is 5. The average molecular weight is 554 g/mol. The lowest BCUT2D eigenvalue weighted by Gasteiger charge is -2.34. The van der Waals surface area contributed by atoms with Gasteiger partial charge in [0, 0.05) is 29.5 Å². The fourth-order valence-electron chi connectivity index (χ4n) is 6.89. The molecule has 3 aliphatic rings. The van der Waals surface area contributed by atoms with Crippen molar-refractivity contribution in [2.24, 2.45) is 11.8 Å². The molecule has 208 valence electrons. The zero-order chi connectivity index (χ0) is 27.6. The van der Waals surface area contributed by atoms with E-state index in [4.69, 9.17) is 21.4 Å². The highest BCUT2D eigenvalue weighted by Gasteiger charge is 2.78. The second-order valence-electron chi connectivity index (χ2n) is 10.9. The molecule has 3 fully saturated rings. The van der Waals surface area contributed by atoms with Gasteiger partial charge in [-0.3, -0.25) is 14.4 Å².